The van der Waals surface area contributed by atoms with Crippen LogP contribution < -0.4 is 0 Å². The predicted molar refractivity (Wildman–Crippen MR) is 72.0 cm³/mol. The van der Waals surface area contributed by atoms with E-state index >= 15 is 0 Å². The first-order valence-electron chi connectivity index (χ1n) is 6.94. The molecule has 2 unspecified atom stereocenters. The molecule has 0 spiro atoms. The largest absolute Gasteiger partial charge is 0.373 e. The van der Waals surface area contributed by atoms with Crippen LogP contribution in [0.15, 0.2) is 24.3 Å². The van der Waals surface area contributed by atoms with Gasteiger partial charge >= 0.3 is 0 Å². The SMILES string of the molecule is CCC1CCCCC1OCc1cccc(C#N)c1. The molecule has 1 aliphatic carbocycles. The Balaban J connectivity index is 1.91. The third-order valence-electron chi connectivity index (χ3n) is 3.88. The molecule has 0 heterocycles. The van der Waals surface area contributed by atoms with Crippen molar-refractivity contribution in [3.05, 3.63) is 35.4 Å². The van der Waals surface area contributed by atoms with Crippen LogP contribution in [0.5, 0.6) is 0 Å². The molecule has 0 aromatic heterocycles. The quantitative estimate of drug-likeness (QED) is 0.799. The molecule has 1 aromatic carbocycles. The van der Waals surface area contributed by atoms with E-state index in [9.17, 15) is 0 Å². The molecule has 0 N–H and O–H groups in total. The van der Waals surface area contributed by atoms with Gasteiger partial charge in [-0.1, -0.05) is 38.3 Å². The van der Waals surface area contributed by atoms with Crippen LogP contribution in [0.25, 0.3) is 0 Å². The van der Waals surface area contributed by atoms with Gasteiger partial charge in [-0.05, 0) is 36.5 Å². The summed E-state index contributed by atoms with van der Waals surface area (Å²) in [4.78, 5) is 0. The normalized spacial score (nSPS) is 23.6. The highest BCUT2D eigenvalue weighted by Gasteiger charge is 2.24. The van der Waals surface area contributed by atoms with Crippen molar-refractivity contribution in [2.45, 2.75) is 51.7 Å². The van der Waals surface area contributed by atoms with Gasteiger partial charge in [0, 0.05) is 0 Å². The number of ether oxygens (including phenoxy) is 1. The van der Waals surface area contributed by atoms with E-state index in [-0.39, 0.29) is 0 Å². The van der Waals surface area contributed by atoms with E-state index < -0.39 is 0 Å². The van der Waals surface area contributed by atoms with Crippen molar-refractivity contribution in [3.63, 3.8) is 0 Å². The van der Waals surface area contributed by atoms with E-state index in [1.165, 1.54) is 32.1 Å². The topological polar surface area (TPSA) is 33.0 Å². The molecule has 1 aliphatic rings. The lowest BCUT2D eigenvalue weighted by Crippen LogP contribution is -2.27. The lowest BCUT2D eigenvalue weighted by Gasteiger charge is -2.30. The van der Waals surface area contributed by atoms with Gasteiger partial charge < -0.3 is 4.74 Å². The monoisotopic (exact) mass is 243 g/mol. The van der Waals surface area contributed by atoms with Crippen LogP contribution in [0, 0.1) is 17.2 Å². The predicted octanol–water partition coefficient (Wildman–Crippen LogP) is 4.04. The molecule has 0 bridgehead atoms. The van der Waals surface area contributed by atoms with Crippen molar-refractivity contribution in [2.75, 3.05) is 0 Å². The van der Waals surface area contributed by atoms with Gasteiger partial charge in [-0.2, -0.15) is 5.26 Å². The van der Waals surface area contributed by atoms with Gasteiger partial charge in [0.05, 0.1) is 24.3 Å². The second kappa shape index (κ2) is 6.56. The van der Waals surface area contributed by atoms with Gasteiger partial charge in [-0.3, -0.25) is 0 Å². The molecule has 96 valence electrons. The van der Waals surface area contributed by atoms with Gasteiger partial charge in [-0.15, -0.1) is 0 Å². The number of hydrogen-bond acceptors (Lipinski definition) is 2. The minimum atomic E-state index is 0.412. The van der Waals surface area contributed by atoms with E-state index in [0.717, 1.165) is 11.5 Å². The Bertz CT molecular complexity index is 421. The Morgan fingerprint density at radius 3 is 2.94 bits per heavy atom. The Hall–Kier alpha value is -1.33. The molecule has 2 rings (SSSR count). The standard InChI is InChI=1S/C16H21NO/c1-2-15-8-3-4-9-16(15)18-12-14-7-5-6-13(10-14)11-17/h5-7,10,15-16H,2-4,8-9,12H2,1H3. The van der Waals surface area contributed by atoms with E-state index in [0.29, 0.717) is 18.3 Å². The average molecular weight is 243 g/mol. The summed E-state index contributed by atoms with van der Waals surface area (Å²) in [5.74, 6) is 0.720. The molecule has 2 heteroatoms. The molecule has 1 aromatic rings. The molecular formula is C16H21NO. The average Bonchev–Trinajstić information content (AvgIpc) is 2.45. The van der Waals surface area contributed by atoms with Crippen LogP contribution >= 0.6 is 0 Å². The Morgan fingerprint density at radius 2 is 2.17 bits per heavy atom. The third-order valence-corrected chi connectivity index (χ3v) is 3.88. The number of hydrogen-bond donors (Lipinski definition) is 0. The number of nitriles is 1. The Kier molecular flexibility index (Phi) is 4.78. The first-order valence-corrected chi connectivity index (χ1v) is 6.94. The smallest absolute Gasteiger partial charge is 0.0991 e. The summed E-state index contributed by atoms with van der Waals surface area (Å²) in [5, 5.41) is 8.87. The van der Waals surface area contributed by atoms with Crippen molar-refractivity contribution in [2.24, 2.45) is 5.92 Å². The molecule has 1 fully saturated rings. The van der Waals surface area contributed by atoms with Gasteiger partial charge in [0.25, 0.3) is 0 Å². The van der Waals surface area contributed by atoms with Crippen molar-refractivity contribution >= 4 is 0 Å². The molecule has 0 amide bonds. The minimum Gasteiger partial charge on any atom is -0.373 e. The van der Waals surface area contributed by atoms with Crippen molar-refractivity contribution in [1.82, 2.24) is 0 Å². The highest BCUT2D eigenvalue weighted by molar-refractivity contribution is 5.32. The molecule has 0 saturated heterocycles. The highest BCUT2D eigenvalue weighted by Crippen LogP contribution is 2.29. The van der Waals surface area contributed by atoms with Gasteiger partial charge in [0.2, 0.25) is 0 Å². The van der Waals surface area contributed by atoms with Crippen molar-refractivity contribution in [3.8, 4) is 6.07 Å². The molecule has 2 atom stereocenters. The molecule has 18 heavy (non-hydrogen) atoms. The lowest BCUT2D eigenvalue weighted by molar-refractivity contribution is -0.0221. The van der Waals surface area contributed by atoms with Crippen LogP contribution in [-0.4, -0.2) is 6.10 Å². The van der Waals surface area contributed by atoms with Gasteiger partial charge in [0.15, 0.2) is 0 Å². The second-order valence-corrected chi connectivity index (χ2v) is 5.11. The Morgan fingerprint density at radius 1 is 1.33 bits per heavy atom. The molecule has 1 saturated carbocycles. The fraction of sp³-hybridized carbons (Fsp3) is 0.562. The summed E-state index contributed by atoms with van der Waals surface area (Å²) in [7, 11) is 0. The molecular weight excluding hydrogens is 222 g/mol. The number of rotatable bonds is 4. The van der Waals surface area contributed by atoms with E-state index in [2.05, 4.69) is 13.0 Å². The Labute approximate surface area is 110 Å². The second-order valence-electron chi connectivity index (χ2n) is 5.11. The van der Waals surface area contributed by atoms with Crippen LogP contribution in [0.4, 0.5) is 0 Å². The molecule has 2 nitrogen and oxygen atoms in total. The van der Waals surface area contributed by atoms with Crippen molar-refractivity contribution in [1.29, 1.82) is 5.26 Å². The first kappa shape index (κ1) is 13.1. The zero-order valence-corrected chi connectivity index (χ0v) is 11.1. The van der Waals surface area contributed by atoms with Gasteiger partial charge in [-0.25, -0.2) is 0 Å². The summed E-state index contributed by atoms with van der Waals surface area (Å²) in [5.41, 5.74) is 1.82. The summed E-state index contributed by atoms with van der Waals surface area (Å²) >= 11 is 0. The number of nitrogens with zero attached hydrogens (tertiary/aromatic N) is 1. The fourth-order valence-electron chi connectivity index (χ4n) is 2.79. The summed E-state index contributed by atoms with van der Waals surface area (Å²) in [6.45, 7) is 2.89. The van der Waals surface area contributed by atoms with Crippen molar-refractivity contribution < 1.29 is 4.74 Å². The van der Waals surface area contributed by atoms with E-state index in [1.54, 1.807) is 0 Å². The zero-order valence-electron chi connectivity index (χ0n) is 11.1. The maximum atomic E-state index is 8.87. The summed E-state index contributed by atoms with van der Waals surface area (Å²) in [6, 6.07) is 9.88. The van der Waals surface area contributed by atoms with Crippen LogP contribution in [0.1, 0.15) is 50.2 Å². The fourth-order valence-corrected chi connectivity index (χ4v) is 2.79. The van der Waals surface area contributed by atoms with Gasteiger partial charge in [0.1, 0.15) is 0 Å². The first-order chi connectivity index (χ1) is 8.83. The minimum absolute atomic E-state index is 0.412. The molecule has 0 aliphatic heterocycles. The highest BCUT2D eigenvalue weighted by atomic mass is 16.5. The summed E-state index contributed by atoms with van der Waals surface area (Å²) in [6.07, 6.45) is 6.76. The maximum absolute atomic E-state index is 8.87. The van der Waals surface area contributed by atoms with Crippen LogP contribution in [0.2, 0.25) is 0 Å². The maximum Gasteiger partial charge on any atom is 0.0991 e. The van der Waals surface area contributed by atoms with E-state index in [4.69, 9.17) is 10.00 Å². The number of benzene rings is 1. The third kappa shape index (κ3) is 3.34. The zero-order chi connectivity index (χ0) is 12.8. The van der Waals surface area contributed by atoms with Crippen LogP contribution in [0.3, 0.4) is 0 Å². The van der Waals surface area contributed by atoms with E-state index in [1.807, 2.05) is 24.3 Å². The van der Waals surface area contributed by atoms with Crippen LogP contribution in [-0.2, 0) is 11.3 Å². The summed E-state index contributed by atoms with van der Waals surface area (Å²) < 4.78 is 6.06. The molecule has 0 radical (unpaired) electrons. The lowest BCUT2D eigenvalue weighted by atomic mass is 9.85.